The topological polar surface area (TPSA) is 38.5 Å². The van der Waals surface area contributed by atoms with Gasteiger partial charge in [-0.15, -0.1) is 0 Å². The number of hydrogen-bond acceptors (Lipinski definition) is 3. The second-order valence-electron chi connectivity index (χ2n) is 4.85. The number of nitrogens with two attached hydrogens (primary N) is 1. The first-order chi connectivity index (χ1) is 6.72. The minimum Gasteiger partial charge on any atom is -0.376 e. The van der Waals surface area contributed by atoms with Crippen molar-refractivity contribution in [1.82, 2.24) is 4.90 Å². The smallest absolute Gasteiger partial charge is 0.0700 e. The molecule has 1 aliphatic heterocycles. The second-order valence-corrected chi connectivity index (χ2v) is 4.85. The highest BCUT2D eigenvalue weighted by molar-refractivity contribution is 4.95. The van der Waals surface area contributed by atoms with Crippen LogP contribution >= 0.6 is 0 Å². The maximum absolute atomic E-state index is 6.24. The highest BCUT2D eigenvalue weighted by Crippen LogP contribution is 2.30. The molecule has 2 aliphatic rings. The van der Waals surface area contributed by atoms with Gasteiger partial charge in [-0.1, -0.05) is 6.92 Å². The molecule has 0 aromatic rings. The number of ether oxygens (including phenoxy) is 1. The summed E-state index contributed by atoms with van der Waals surface area (Å²) in [6, 6.07) is 0. The zero-order valence-corrected chi connectivity index (χ0v) is 9.17. The third kappa shape index (κ3) is 2.27. The standard InChI is InChI=1S/C11H22N2O/c1-2-10-8-13(6-7-14-10)9-11(12)4-3-5-11/h10H,2-9,12H2,1H3. The second kappa shape index (κ2) is 4.17. The fourth-order valence-electron chi connectivity index (χ4n) is 2.41. The molecule has 3 heteroatoms. The number of morpholine rings is 1. The van der Waals surface area contributed by atoms with Gasteiger partial charge in [0, 0.05) is 25.2 Å². The van der Waals surface area contributed by atoms with Gasteiger partial charge in [0.15, 0.2) is 0 Å². The molecule has 1 saturated carbocycles. The molecular weight excluding hydrogens is 176 g/mol. The van der Waals surface area contributed by atoms with Gasteiger partial charge in [-0.05, 0) is 25.7 Å². The normalized spacial score (nSPS) is 32.6. The molecule has 3 nitrogen and oxygen atoms in total. The molecule has 1 atom stereocenters. The molecule has 2 N–H and O–H groups in total. The van der Waals surface area contributed by atoms with Gasteiger partial charge >= 0.3 is 0 Å². The molecule has 2 fully saturated rings. The summed E-state index contributed by atoms with van der Waals surface area (Å²) in [4.78, 5) is 2.48. The van der Waals surface area contributed by atoms with E-state index < -0.39 is 0 Å². The number of hydrogen-bond donors (Lipinski definition) is 1. The molecule has 0 bridgehead atoms. The minimum atomic E-state index is 0.135. The van der Waals surface area contributed by atoms with Crippen molar-refractivity contribution in [3.05, 3.63) is 0 Å². The average molecular weight is 198 g/mol. The van der Waals surface area contributed by atoms with Crippen molar-refractivity contribution in [2.24, 2.45) is 5.73 Å². The summed E-state index contributed by atoms with van der Waals surface area (Å²) >= 11 is 0. The lowest BCUT2D eigenvalue weighted by atomic mass is 9.77. The minimum absolute atomic E-state index is 0.135. The van der Waals surface area contributed by atoms with Crippen LogP contribution in [0.5, 0.6) is 0 Å². The van der Waals surface area contributed by atoms with Crippen LogP contribution in [0.15, 0.2) is 0 Å². The molecule has 1 saturated heterocycles. The Morgan fingerprint density at radius 2 is 2.29 bits per heavy atom. The van der Waals surface area contributed by atoms with E-state index in [9.17, 15) is 0 Å². The molecule has 0 aromatic carbocycles. The zero-order chi connectivity index (χ0) is 10.0. The van der Waals surface area contributed by atoms with Crippen LogP contribution in [0.2, 0.25) is 0 Å². The van der Waals surface area contributed by atoms with E-state index in [1.165, 1.54) is 19.3 Å². The van der Waals surface area contributed by atoms with Crippen molar-refractivity contribution in [2.75, 3.05) is 26.2 Å². The Hall–Kier alpha value is -0.120. The molecule has 0 amide bonds. The van der Waals surface area contributed by atoms with Crippen LogP contribution in [0.25, 0.3) is 0 Å². The van der Waals surface area contributed by atoms with Crippen molar-refractivity contribution in [3.8, 4) is 0 Å². The highest BCUT2D eigenvalue weighted by Gasteiger charge is 2.35. The Morgan fingerprint density at radius 1 is 1.50 bits per heavy atom. The summed E-state index contributed by atoms with van der Waals surface area (Å²) in [6.07, 6.45) is 5.29. The largest absolute Gasteiger partial charge is 0.376 e. The Balaban J connectivity index is 1.79. The number of rotatable bonds is 3. The van der Waals surface area contributed by atoms with Crippen LogP contribution in [-0.2, 0) is 4.74 Å². The van der Waals surface area contributed by atoms with Crippen LogP contribution in [0.3, 0.4) is 0 Å². The van der Waals surface area contributed by atoms with E-state index in [0.29, 0.717) is 6.10 Å². The summed E-state index contributed by atoms with van der Waals surface area (Å²) in [6.45, 7) is 6.29. The maximum atomic E-state index is 6.24. The molecule has 0 radical (unpaired) electrons. The van der Waals surface area contributed by atoms with Crippen molar-refractivity contribution in [1.29, 1.82) is 0 Å². The zero-order valence-electron chi connectivity index (χ0n) is 9.17. The van der Waals surface area contributed by atoms with Crippen LogP contribution in [0.4, 0.5) is 0 Å². The molecule has 0 spiro atoms. The predicted molar refractivity (Wildman–Crippen MR) is 57.2 cm³/mol. The Morgan fingerprint density at radius 3 is 2.86 bits per heavy atom. The Labute approximate surface area is 86.6 Å². The van der Waals surface area contributed by atoms with E-state index in [-0.39, 0.29) is 5.54 Å². The van der Waals surface area contributed by atoms with Gasteiger partial charge in [0.05, 0.1) is 12.7 Å². The van der Waals surface area contributed by atoms with Gasteiger partial charge in [0.25, 0.3) is 0 Å². The first kappa shape index (κ1) is 10.4. The van der Waals surface area contributed by atoms with Gasteiger partial charge in [-0.2, -0.15) is 0 Å². The summed E-state index contributed by atoms with van der Waals surface area (Å²) in [7, 11) is 0. The van der Waals surface area contributed by atoms with Gasteiger partial charge in [0.1, 0.15) is 0 Å². The summed E-state index contributed by atoms with van der Waals surface area (Å²) < 4.78 is 5.64. The first-order valence-corrected chi connectivity index (χ1v) is 5.85. The maximum Gasteiger partial charge on any atom is 0.0700 e. The SMILES string of the molecule is CCC1CN(CC2(N)CCC2)CCO1. The van der Waals surface area contributed by atoms with E-state index in [4.69, 9.17) is 10.5 Å². The van der Waals surface area contributed by atoms with E-state index >= 15 is 0 Å². The fraction of sp³-hybridized carbons (Fsp3) is 1.00. The van der Waals surface area contributed by atoms with Crippen molar-refractivity contribution < 1.29 is 4.74 Å². The van der Waals surface area contributed by atoms with E-state index in [1.807, 2.05) is 0 Å². The highest BCUT2D eigenvalue weighted by atomic mass is 16.5. The van der Waals surface area contributed by atoms with Crippen LogP contribution < -0.4 is 5.73 Å². The van der Waals surface area contributed by atoms with Gasteiger partial charge < -0.3 is 10.5 Å². The van der Waals surface area contributed by atoms with Crippen molar-refractivity contribution in [3.63, 3.8) is 0 Å². The molecular formula is C11H22N2O. The molecule has 82 valence electrons. The van der Waals surface area contributed by atoms with E-state index in [1.54, 1.807) is 0 Å². The summed E-state index contributed by atoms with van der Waals surface area (Å²) in [5.41, 5.74) is 6.37. The van der Waals surface area contributed by atoms with Crippen molar-refractivity contribution in [2.45, 2.75) is 44.2 Å². The Kier molecular flexibility index (Phi) is 3.10. The average Bonchev–Trinajstić information content (AvgIpc) is 2.16. The summed E-state index contributed by atoms with van der Waals surface area (Å²) in [5.74, 6) is 0. The predicted octanol–water partition coefficient (Wildman–Crippen LogP) is 0.979. The van der Waals surface area contributed by atoms with Gasteiger partial charge in [0.2, 0.25) is 0 Å². The van der Waals surface area contributed by atoms with E-state index in [2.05, 4.69) is 11.8 Å². The first-order valence-electron chi connectivity index (χ1n) is 5.85. The lowest BCUT2D eigenvalue weighted by molar-refractivity contribution is -0.0404. The molecule has 1 aliphatic carbocycles. The lowest BCUT2D eigenvalue weighted by Gasteiger charge is -2.44. The van der Waals surface area contributed by atoms with Crippen LogP contribution in [0, 0.1) is 0 Å². The molecule has 2 rings (SSSR count). The van der Waals surface area contributed by atoms with Crippen LogP contribution in [0.1, 0.15) is 32.6 Å². The summed E-state index contributed by atoms with van der Waals surface area (Å²) in [5, 5.41) is 0. The number of nitrogens with zero attached hydrogens (tertiary/aromatic N) is 1. The molecule has 1 unspecified atom stereocenters. The van der Waals surface area contributed by atoms with Gasteiger partial charge in [-0.3, -0.25) is 4.90 Å². The Bertz CT molecular complexity index is 192. The fourth-order valence-corrected chi connectivity index (χ4v) is 2.41. The van der Waals surface area contributed by atoms with Crippen LogP contribution in [-0.4, -0.2) is 42.8 Å². The van der Waals surface area contributed by atoms with Gasteiger partial charge in [-0.25, -0.2) is 0 Å². The molecule has 14 heavy (non-hydrogen) atoms. The van der Waals surface area contributed by atoms with Crippen molar-refractivity contribution >= 4 is 0 Å². The van der Waals surface area contributed by atoms with E-state index in [0.717, 1.165) is 32.7 Å². The monoisotopic (exact) mass is 198 g/mol. The quantitative estimate of drug-likeness (QED) is 0.734. The third-order valence-corrected chi connectivity index (χ3v) is 3.57. The molecule has 1 heterocycles. The third-order valence-electron chi connectivity index (χ3n) is 3.57. The lowest BCUT2D eigenvalue weighted by Crippen LogP contribution is -2.57. The molecule has 0 aromatic heterocycles.